The molecule has 0 heterocycles. The van der Waals surface area contributed by atoms with E-state index in [9.17, 15) is 14.4 Å². The third-order valence-corrected chi connectivity index (χ3v) is 6.77. The van der Waals surface area contributed by atoms with Crippen LogP contribution < -0.4 is 10.6 Å². The fourth-order valence-electron chi connectivity index (χ4n) is 4.26. The number of hydrogen-bond acceptors (Lipinski definition) is 4. The Morgan fingerprint density at radius 1 is 0.946 bits per heavy atom. The largest absolute Gasteiger partial charge is 0.478 e. The van der Waals surface area contributed by atoms with Gasteiger partial charge in [0.25, 0.3) is 0 Å². The second-order valence-corrected chi connectivity index (χ2v) is 11.1. The molecule has 0 saturated carbocycles. The Balaban J connectivity index is 2.31. The molecule has 2 aromatic carbocycles. The number of likely N-dealkylation sites (N-methyl/N-ethyl adjacent to an activating group) is 2. The lowest BCUT2D eigenvalue weighted by Gasteiger charge is -2.38. The molecule has 0 bridgehead atoms. The van der Waals surface area contributed by atoms with Crippen LogP contribution in [0.3, 0.4) is 0 Å². The average Bonchev–Trinajstić information content (AvgIpc) is 2.85. The van der Waals surface area contributed by atoms with Gasteiger partial charge in [0.15, 0.2) is 0 Å². The number of hydrogen-bond donors (Lipinski definition) is 3. The normalized spacial score (nSPS) is 14.0. The Morgan fingerprint density at radius 2 is 1.54 bits per heavy atom. The molecule has 0 aliphatic carbocycles. The zero-order valence-electron chi connectivity index (χ0n) is 23.3. The molecule has 0 aliphatic rings. The molecule has 3 N–H and O–H groups in total. The van der Waals surface area contributed by atoms with Gasteiger partial charge in [-0.15, -0.1) is 0 Å². The predicted octanol–water partition coefficient (Wildman–Crippen LogP) is 4.24. The van der Waals surface area contributed by atoms with Gasteiger partial charge < -0.3 is 20.6 Å². The van der Waals surface area contributed by atoms with Crippen molar-refractivity contribution in [3.63, 3.8) is 0 Å². The number of aliphatic carboxylic acids is 1. The Hall–Kier alpha value is -3.45. The molecular weight excluding hydrogens is 466 g/mol. The third kappa shape index (κ3) is 7.52. The number of rotatable bonds is 10. The van der Waals surface area contributed by atoms with Crippen LogP contribution in [0.5, 0.6) is 0 Å². The van der Waals surface area contributed by atoms with Crippen molar-refractivity contribution in [1.82, 2.24) is 15.5 Å². The first-order valence-corrected chi connectivity index (χ1v) is 12.5. The van der Waals surface area contributed by atoms with E-state index in [1.165, 1.54) is 17.9 Å². The van der Waals surface area contributed by atoms with E-state index in [2.05, 4.69) is 28.8 Å². The molecule has 0 radical (unpaired) electrons. The summed E-state index contributed by atoms with van der Waals surface area (Å²) in [7, 11) is 3.35. The summed E-state index contributed by atoms with van der Waals surface area (Å²) in [5.74, 6) is -1.59. The summed E-state index contributed by atoms with van der Waals surface area (Å²) in [6, 6.07) is 16.8. The summed E-state index contributed by atoms with van der Waals surface area (Å²) < 4.78 is 0. The summed E-state index contributed by atoms with van der Waals surface area (Å²) in [6.45, 7) is 11.3. The molecule has 7 heteroatoms. The molecular formula is C30H41N3O4. The van der Waals surface area contributed by atoms with E-state index in [-0.39, 0.29) is 23.9 Å². The predicted molar refractivity (Wildman–Crippen MR) is 148 cm³/mol. The fourth-order valence-corrected chi connectivity index (χ4v) is 4.26. The van der Waals surface area contributed by atoms with Crippen molar-refractivity contribution in [2.45, 2.75) is 59.0 Å². The topological polar surface area (TPSA) is 98.7 Å². The van der Waals surface area contributed by atoms with Crippen LogP contribution in [-0.2, 0) is 19.8 Å². The second kappa shape index (κ2) is 12.2. The van der Waals surface area contributed by atoms with Crippen LogP contribution in [0.15, 0.2) is 66.2 Å². The first-order chi connectivity index (χ1) is 17.2. The summed E-state index contributed by atoms with van der Waals surface area (Å²) in [5.41, 5.74) is 2.15. The van der Waals surface area contributed by atoms with Crippen molar-refractivity contribution in [2.24, 2.45) is 5.41 Å². The van der Waals surface area contributed by atoms with E-state index in [1.54, 1.807) is 14.1 Å². The Bertz CT molecular complexity index is 1130. The first kappa shape index (κ1) is 29.8. The highest BCUT2D eigenvalue weighted by atomic mass is 16.4. The van der Waals surface area contributed by atoms with Crippen molar-refractivity contribution in [2.75, 3.05) is 20.6 Å². The van der Waals surface area contributed by atoms with Gasteiger partial charge in [-0.3, -0.25) is 9.59 Å². The molecule has 0 fully saturated rings. The van der Waals surface area contributed by atoms with Crippen molar-refractivity contribution >= 4 is 17.8 Å². The van der Waals surface area contributed by atoms with Gasteiger partial charge in [0.2, 0.25) is 11.8 Å². The van der Waals surface area contributed by atoms with Gasteiger partial charge >= 0.3 is 5.97 Å². The van der Waals surface area contributed by atoms with Gasteiger partial charge in [-0.2, -0.15) is 0 Å². The SMILES string of the molecule is CNC(C(=O)NC(C(=O)N(C)C/C=C(\C)C(=O)O)C(C)(C)C)C(C)(C)c1cccc(-c2ccccc2)c1. The lowest BCUT2D eigenvalue weighted by Crippen LogP contribution is -2.60. The van der Waals surface area contributed by atoms with E-state index in [0.29, 0.717) is 0 Å². The number of carbonyl (C=O) groups excluding carboxylic acids is 2. The molecule has 2 rings (SSSR count). The quantitative estimate of drug-likeness (QED) is 0.418. The average molecular weight is 508 g/mol. The van der Waals surface area contributed by atoms with Crippen LogP contribution in [-0.4, -0.2) is 60.5 Å². The highest BCUT2D eigenvalue weighted by molar-refractivity contribution is 5.91. The van der Waals surface area contributed by atoms with Crippen LogP contribution >= 0.6 is 0 Å². The van der Waals surface area contributed by atoms with Crippen LogP contribution in [0.4, 0.5) is 0 Å². The maximum Gasteiger partial charge on any atom is 0.331 e. The Kier molecular flexibility index (Phi) is 9.81. The standard InChI is InChI=1S/C30H41N3O4/c1-20(28(36)37)17-18-33(8)27(35)25(29(2,3)4)32-26(34)24(31-7)30(5,6)23-16-12-15-22(19-23)21-13-10-9-11-14-21/h9-17,19,24-25,31H,18H2,1-8H3,(H,32,34)(H,36,37)/b20-17+. The van der Waals surface area contributed by atoms with Gasteiger partial charge in [0.05, 0.1) is 6.04 Å². The summed E-state index contributed by atoms with van der Waals surface area (Å²) >= 11 is 0. The highest BCUT2D eigenvalue weighted by Gasteiger charge is 2.40. The smallest absolute Gasteiger partial charge is 0.331 e. The maximum atomic E-state index is 13.7. The molecule has 0 aliphatic heterocycles. The third-order valence-electron chi connectivity index (χ3n) is 6.77. The van der Waals surface area contributed by atoms with Crippen molar-refractivity contribution in [3.8, 4) is 11.1 Å². The van der Waals surface area contributed by atoms with Gasteiger partial charge in [-0.25, -0.2) is 4.79 Å². The molecule has 2 amide bonds. The second-order valence-electron chi connectivity index (χ2n) is 11.1. The van der Waals surface area contributed by atoms with Crippen LogP contribution in [0.1, 0.15) is 47.1 Å². The number of benzene rings is 2. The number of carbonyl (C=O) groups is 3. The summed E-state index contributed by atoms with van der Waals surface area (Å²) in [6.07, 6.45) is 1.49. The van der Waals surface area contributed by atoms with Crippen LogP contribution in [0.25, 0.3) is 11.1 Å². The summed E-state index contributed by atoms with van der Waals surface area (Å²) in [5, 5.41) is 15.3. The van der Waals surface area contributed by atoms with Crippen LogP contribution in [0.2, 0.25) is 0 Å². The van der Waals surface area contributed by atoms with E-state index < -0.39 is 28.9 Å². The number of nitrogens with one attached hydrogen (secondary N) is 2. The van der Waals surface area contributed by atoms with Crippen molar-refractivity contribution < 1.29 is 19.5 Å². The Morgan fingerprint density at radius 3 is 2.08 bits per heavy atom. The highest BCUT2D eigenvalue weighted by Crippen LogP contribution is 2.31. The number of carboxylic acid groups (broad SMARTS) is 1. The van der Waals surface area contributed by atoms with E-state index >= 15 is 0 Å². The van der Waals surface area contributed by atoms with E-state index in [0.717, 1.165) is 16.7 Å². The molecule has 2 aromatic rings. The zero-order chi connectivity index (χ0) is 28.0. The minimum atomic E-state index is -1.03. The molecule has 0 aromatic heterocycles. The van der Waals surface area contributed by atoms with Crippen molar-refractivity contribution in [1.29, 1.82) is 0 Å². The van der Waals surface area contributed by atoms with E-state index in [4.69, 9.17) is 5.11 Å². The zero-order valence-corrected chi connectivity index (χ0v) is 23.3. The minimum absolute atomic E-state index is 0.132. The monoisotopic (exact) mass is 507 g/mol. The summed E-state index contributed by atoms with van der Waals surface area (Å²) in [4.78, 5) is 39.5. The molecule has 37 heavy (non-hydrogen) atoms. The molecule has 0 spiro atoms. The Labute approximate surface area is 221 Å². The first-order valence-electron chi connectivity index (χ1n) is 12.5. The number of amides is 2. The molecule has 7 nitrogen and oxygen atoms in total. The van der Waals surface area contributed by atoms with Crippen molar-refractivity contribution in [3.05, 3.63) is 71.8 Å². The molecule has 2 unspecified atom stereocenters. The lowest BCUT2D eigenvalue weighted by atomic mass is 9.76. The number of carboxylic acids is 1. The fraction of sp³-hybridized carbons (Fsp3) is 0.433. The van der Waals surface area contributed by atoms with Gasteiger partial charge in [-0.1, -0.05) is 95.3 Å². The molecule has 0 saturated heterocycles. The lowest BCUT2D eigenvalue weighted by molar-refractivity contribution is -0.139. The van der Waals surface area contributed by atoms with Crippen LogP contribution in [0, 0.1) is 5.41 Å². The van der Waals surface area contributed by atoms with Gasteiger partial charge in [-0.05, 0) is 36.1 Å². The minimum Gasteiger partial charge on any atom is -0.478 e. The molecule has 2 atom stereocenters. The molecule has 200 valence electrons. The van der Waals surface area contributed by atoms with Gasteiger partial charge in [0, 0.05) is 24.6 Å². The van der Waals surface area contributed by atoms with Gasteiger partial charge in [0.1, 0.15) is 6.04 Å². The number of nitrogens with zero attached hydrogens (tertiary/aromatic N) is 1. The maximum absolute atomic E-state index is 13.7. The van der Waals surface area contributed by atoms with E-state index in [1.807, 2.05) is 71.0 Å².